The van der Waals surface area contributed by atoms with E-state index in [1.165, 1.54) is 0 Å². The summed E-state index contributed by atoms with van der Waals surface area (Å²) in [5, 5.41) is 4.97. The normalized spacial score (nSPS) is 10.6. The Labute approximate surface area is 157 Å². The third-order valence-corrected chi connectivity index (χ3v) is 4.15. The van der Waals surface area contributed by atoms with Gasteiger partial charge in [-0.25, -0.2) is 4.68 Å². The molecule has 2 aromatic carbocycles. The molecule has 3 rings (SSSR count). The highest BCUT2D eigenvalue weighted by molar-refractivity contribution is 6.30. The maximum atomic E-state index is 12.5. The van der Waals surface area contributed by atoms with Crippen LogP contribution in [0.15, 0.2) is 60.8 Å². The van der Waals surface area contributed by atoms with Gasteiger partial charge < -0.3 is 9.64 Å². The van der Waals surface area contributed by atoms with Crippen LogP contribution >= 0.6 is 11.6 Å². The number of carbonyl (C=O) groups excluding carboxylic acids is 1. The maximum absolute atomic E-state index is 12.5. The van der Waals surface area contributed by atoms with Crippen molar-refractivity contribution in [3.05, 3.63) is 77.1 Å². The highest BCUT2D eigenvalue weighted by Crippen LogP contribution is 2.15. The van der Waals surface area contributed by atoms with E-state index < -0.39 is 0 Å². The summed E-state index contributed by atoms with van der Waals surface area (Å²) in [7, 11) is 1.74. The number of amides is 1. The van der Waals surface area contributed by atoms with Gasteiger partial charge in [0.1, 0.15) is 12.4 Å². The monoisotopic (exact) mass is 369 g/mol. The average Bonchev–Trinajstić information content (AvgIpc) is 3.11. The molecule has 0 fully saturated rings. The Kier molecular flexibility index (Phi) is 5.58. The minimum atomic E-state index is -0.154. The van der Waals surface area contributed by atoms with E-state index >= 15 is 0 Å². The molecule has 1 aromatic heterocycles. The van der Waals surface area contributed by atoms with Gasteiger partial charge in [0, 0.05) is 18.3 Å². The van der Waals surface area contributed by atoms with Gasteiger partial charge in [-0.1, -0.05) is 29.8 Å². The maximum Gasteiger partial charge on any atom is 0.274 e. The number of benzene rings is 2. The summed E-state index contributed by atoms with van der Waals surface area (Å²) in [6.07, 6.45) is 1.75. The fraction of sp³-hybridized carbons (Fsp3) is 0.200. The number of rotatable bonds is 6. The van der Waals surface area contributed by atoms with E-state index in [0.717, 1.165) is 17.0 Å². The highest BCUT2D eigenvalue weighted by atomic mass is 35.5. The lowest BCUT2D eigenvalue weighted by molar-refractivity contribution is 0.0767. The molecule has 0 bridgehead atoms. The van der Waals surface area contributed by atoms with Crippen LogP contribution in [0.25, 0.3) is 5.69 Å². The summed E-state index contributed by atoms with van der Waals surface area (Å²) in [6, 6.07) is 16.8. The zero-order chi connectivity index (χ0) is 18.5. The zero-order valence-corrected chi connectivity index (χ0v) is 15.5. The second-order valence-corrected chi connectivity index (χ2v) is 6.45. The summed E-state index contributed by atoms with van der Waals surface area (Å²) >= 11 is 6.00. The molecule has 1 amide bonds. The van der Waals surface area contributed by atoms with Crippen molar-refractivity contribution in [3.8, 4) is 11.4 Å². The van der Waals surface area contributed by atoms with Crippen molar-refractivity contribution in [2.24, 2.45) is 0 Å². The standard InChI is InChI=1S/C20H20ClN3O2/c1-15-5-3-8-18(13-15)26-12-11-23(2)20(25)19-9-10-24(22-19)17-7-4-6-16(21)14-17/h3-10,13-14H,11-12H2,1-2H3. The van der Waals surface area contributed by atoms with Gasteiger partial charge in [-0.15, -0.1) is 0 Å². The molecule has 0 saturated heterocycles. The molecule has 0 aliphatic carbocycles. The first-order valence-electron chi connectivity index (χ1n) is 8.29. The van der Waals surface area contributed by atoms with Crippen LogP contribution < -0.4 is 4.74 Å². The van der Waals surface area contributed by atoms with Gasteiger partial charge in [0.25, 0.3) is 5.91 Å². The molecule has 0 unspecified atom stereocenters. The van der Waals surface area contributed by atoms with Gasteiger partial charge in [0.15, 0.2) is 5.69 Å². The van der Waals surface area contributed by atoms with Crippen molar-refractivity contribution < 1.29 is 9.53 Å². The molecule has 3 aromatic rings. The number of aryl methyl sites for hydroxylation is 1. The molecule has 0 aliphatic heterocycles. The largest absolute Gasteiger partial charge is 0.492 e. The Bertz CT molecular complexity index is 907. The Morgan fingerprint density at radius 1 is 1.19 bits per heavy atom. The van der Waals surface area contributed by atoms with Crippen molar-refractivity contribution in [2.45, 2.75) is 6.92 Å². The van der Waals surface area contributed by atoms with Crippen molar-refractivity contribution in [3.63, 3.8) is 0 Å². The van der Waals surface area contributed by atoms with Crippen LogP contribution in [0.4, 0.5) is 0 Å². The molecule has 0 N–H and O–H groups in total. The third-order valence-electron chi connectivity index (χ3n) is 3.91. The lowest BCUT2D eigenvalue weighted by Crippen LogP contribution is -2.31. The van der Waals surface area contributed by atoms with E-state index in [1.54, 1.807) is 41.0 Å². The average molecular weight is 370 g/mol. The van der Waals surface area contributed by atoms with E-state index in [0.29, 0.717) is 23.9 Å². The van der Waals surface area contributed by atoms with Crippen molar-refractivity contribution in [1.29, 1.82) is 0 Å². The first kappa shape index (κ1) is 18.0. The van der Waals surface area contributed by atoms with Crippen LogP contribution in [0.2, 0.25) is 5.02 Å². The third kappa shape index (κ3) is 4.43. The Morgan fingerprint density at radius 2 is 2.00 bits per heavy atom. The Morgan fingerprint density at radius 3 is 2.77 bits per heavy atom. The van der Waals surface area contributed by atoms with E-state index in [9.17, 15) is 4.79 Å². The molecule has 134 valence electrons. The lowest BCUT2D eigenvalue weighted by atomic mass is 10.2. The number of likely N-dealkylation sites (N-methyl/N-ethyl adjacent to an activating group) is 1. The van der Waals surface area contributed by atoms with Gasteiger partial charge in [0.2, 0.25) is 0 Å². The summed E-state index contributed by atoms with van der Waals surface area (Å²) in [5.41, 5.74) is 2.32. The zero-order valence-electron chi connectivity index (χ0n) is 14.7. The quantitative estimate of drug-likeness (QED) is 0.660. The van der Waals surface area contributed by atoms with Gasteiger partial charge in [-0.2, -0.15) is 5.10 Å². The Balaban J connectivity index is 1.58. The summed E-state index contributed by atoms with van der Waals surface area (Å²) in [4.78, 5) is 14.1. The minimum absolute atomic E-state index is 0.154. The predicted molar refractivity (Wildman–Crippen MR) is 102 cm³/mol. The molecule has 26 heavy (non-hydrogen) atoms. The molecule has 0 spiro atoms. The second kappa shape index (κ2) is 8.06. The Hall–Kier alpha value is -2.79. The van der Waals surface area contributed by atoms with Crippen molar-refractivity contribution in [2.75, 3.05) is 20.2 Å². The summed E-state index contributed by atoms with van der Waals surface area (Å²) in [6.45, 7) is 2.90. The lowest BCUT2D eigenvalue weighted by Gasteiger charge is -2.16. The molecular weight excluding hydrogens is 350 g/mol. The topological polar surface area (TPSA) is 47.4 Å². The number of aromatic nitrogens is 2. The predicted octanol–water partition coefficient (Wildman–Crippen LogP) is 3.99. The van der Waals surface area contributed by atoms with Crippen LogP contribution in [-0.4, -0.2) is 40.8 Å². The van der Waals surface area contributed by atoms with Gasteiger partial charge in [-0.05, 0) is 48.9 Å². The van der Waals surface area contributed by atoms with Crippen molar-refractivity contribution in [1.82, 2.24) is 14.7 Å². The SMILES string of the molecule is Cc1cccc(OCCN(C)C(=O)c2ccn(-c3cccc(Cl)c3)n2)c1. The van der Waals surface area contributed by atoms with Crippen LogP contribution in [-0.2, 0) is 0 Å². The van der Waals surface area contributed by atoms with Gasteiger partial charge in [-0.3, -0.25) is 4.79 Å². The van der Waals surface area contributed by atoms with Crippen LogP contribution in [0, 0.1) is 6.92 Å². The van der Waals surface area contributed by atoms with Crippen LogP contribution in [0.5, 0.6) is 5.75 Å². The first-order chi connectivity index (χ1) is 12.5. The number of hydrogen-bond acceptors (Lipinski definition) is 3. The molecule has 1 heterocycles. The molecule has 0 aliphatic rings. The number of hydrogen-bond donors (Lipinski definition) is 0. The highest BCUT2D eigenvalue weighted by Gasteiger charge is 2.15. The van der Waals surface area contributed by atoms with E-state index in [4.69, 9.17) is 16.3 Å². The molecule has 6 heteroatoms. The van der Waals surface area contributed by atoms with Crippen LogP contribution in [0.3, 0.4) is 0 Å². The van der Waals surface area contributed by atoms with E-state index in [1.807, 2.05) is 43.3 Å². The summed E-state index contributed by atoms with van der Waals surface area (Å²) < 4.78 is 7.33. The van der Waals surface area contributed by atoms with Gasteiger partial charge in [0.05, 0.1) is 12.2 Å². The number of halogens is 1. The van der Waals surface area contributed by atoms with E-state index in [2.05, 4.69) is 5.10 Å². The fourth-order valence-electron chi connectivity index (χ4n) is 2.50. The summed E-state index contributed by atoms with van der Waals surface area (Å²) in [5.74, 6) is 0.648. The first-order valence-corrected chi connectivity index (χ1v) is 8.67. The number of ether oxygens (including phenoxy) is 1. The van der Waals surface area contributed by atoms with E-state index in [-0.39, 0.29) is 5.91 Å². The molecular formula is C20H20ClN3O2. The second-order valence-electron chi connectivity index (χ2n) is 6.02. The number of nitrogens with zero attached hydrogens (tertiary/aromatic N) is 3. The smallest absolute Gasteiger partial charge is 0.274 e. The molecule has 0 radical (unpaired) electrons. The van der Waals surface area contributed by atoms with Crippen molar-refractivity contribution >= 4 is 17.5 Å². The van der Waals surface area contributed by atoms with Crippen LogP contribution in [0.1, 0.15) is 16.1 Å². The molecule has 0 saturated carbocycles. The number of carbonyl (C=O) groups is 1. The molecule has 5 nitrogen and oxygen atoms in total. The van der Waals surface area contributed by atoms with Gasteiger partial charge >= 0.3 is 0 Å². The fourth-order valence-corrected chi connectivity index (χ4v) is 2.69. The molecule has 0 atom stereocenters. The minimum Gasteiger partial charge on any atom is -0.492 e.